The minimum Gasteiger partial charge on any atom is -0.508 e. The molecular weight excluding hydrogens is 288 g/mol. The number of benzene rings is 2. The number of aromatic hydroxyl groups is 1. The van der Waals surface area contributed by atoms with Crippen molar-refractivity contribution in [1.82, 2.24) is 5.32 Å². The number of phenols is 1. The lowest BCUT2D eigenvalue weighted by Crippen LogP contribution is -2.22. The van der Waals surface area contributed by atoms with Crippen LogP contribution in [0.1, 0.15) is 22.8 Å². The highest BCUT2D eigenvalue weighted by Gasteiger charge is 2.05. The first-order chi connectivity index (χ1) is 10.1. The van der Waals surface area contributed by atoms with Crippen LogP contribution in [0.3, 0.4) is 0 Å². The maximum atomic E-state index is 11.6. The molecule has 3 N–H and O–H groups in total. The molecule has 0 aliphatic carbocycles. The zero-order valence-corrected chi connectivity index (χ0v) is 12.4. The van der Waals surface area contributed by atoms with E-state index in [-0.39, 0.29) is 11.7 Å². The van der Waals surface area contributed by atoms with Crippen LogP contribution in [0.4, 0.5) is 5.69 Å². The van der Waals surface area contributed by atoms with Gasteiger partial charge >= 0.3 is 0 Å². The van der Waals surface area contributed by atoms with E-state index in [0.29, 0.717) is 23.7 Å². The zero-order chi connectivity index (χ0) is 15.2. The van der Waals surface area contributed by atoms with Crippen LogP contribution in [0.5, 0.6) is 5.75 Å². The summed E-state index contributed by atoms with van der Waals surface area (Å²) in [6.45, 7) is 2.94. The van der Waals surface area contributed by atoms with Crippen molar-refractivity contribution < 1.29 is 9.90 Å². The minimum atomic E-state index is -0.0865. The second-order valence-electron chi connectivity index (χ2n) is 4.56. The van der Waals surface area contributed by atoms with E-state index in [0.717, 1.165) is 11.3 Å². The van der Waals surface area contributed by atoms with Crippen molar-refractivity contribution in [3.63, 3.8) is 0 Å². The van der Waals surface area contributed by atoms with Gasteiger partial charge in [-0.05, 0) is 49.4 Å². The molecule has 0 aliphatic rings. The Labute approximate surface area is 128 Å². The van der Waals surface area contributed by atoms with Crippen LogP contribution in [0.25, 0.3) is 0 Å². The molecule has 4 nitrogen and oxygen atoms in total. The highest BCUT2D eigenvalue weighted by Crippen LogP contribution is 2.22. The SMILES string of the molecule is CCNC(=O)c1ccc(NCc2cc(Cl)ccc2O)cc1. The Kier molecular flexibility index (Phi) is 5.06. The predicted octanol–water partition coefficient (Wildman–Crippen LogP) is 3.41. The lowest BCUT2D eigenvalue weighted by Gasteiger charge is -2.09. The third kappa shape index (κ3) is 4.13. The molecule has 0 radical (unpaired) electrons. The van der Waals surface area contributed by atoms with Gasteiger partial charge in [0.15, 0.2) is 0 Å². The fourth-order valence-electron chi connectivity index (χ4n) is 1.90. The molecule has 5 heteroatoms. The highest BCUT2D eigenvalue weighted by molar-refractivity contribution is 6.30. The third-order valence-corrected chi connectivity index (χ3v) is 3.24. The molecule has 2 rings (SSSR count). The summed E-state index contributed by atoms with van der Waals surface area (Å²) in [6, 6.07) is 12.1. The molecule has 110 valence electrons. The summed E-state index contributed by atoms with van der Waals surface area (Å²) in [5.74, 6) is 0.113. The summed E-state index contributed by atoms with van der Waals surface area (Å²) in [5.41, 5.74) is 2.20. The summed E-state index contributed by atoms with van der Waals surface area (Å²) < 4.78 is 0. The topological polar surface area (TPSA) is 61.4 Å². The molecule has 0 unspecified atom stereocenters. The summed E-state index contributed by atoms with van der Waals surface area (Å²) >= 11 is 5.90. The first-order valence-corrected chi connectivity index (χ1v) is 7.07. The van der Waals surface area contributed by atoms with Crippen LogP contribution in [0.2, 0.25) is 5.02 Å². The van der Waals surface area contributed by atoms with Crippen molar-refractivity contribution >= 4 is 23.2 Å². The fourth-order valence-corrected chi connectivity index (χ4v) is 2.09. The van der Waals surface area contributed by atoms with E-state index in [9.17, 15) is 9.90 Å². The summed E-state index contributed by atoms with van der Waals surface area (Å²) in [5, 5.41) is 16.2. The quantitative estimate of drug-likeness (QED) is 0.793. The van der Waals surface area contributed by atoms with Gasteiger partial charge in [0.05, 0.1) is 0 Å². The Balaban J connectivity index is 2.00. The molecule has 0 aromatic heterocycles. The molecule has 2 aromatic carbocycles. The normalized spacial score (nSPS) is 10.2. The van der Waals surface area contributed by atoms with Gasteiger partial charge in [0.1, 0.15) is 5.75 Å². The van der Waals surface area contributed by atoms with Gasteiger partial charge < -0.3 is 15.7 Å². The molecule has 2 aromatic rings. The number of halogens is 1. The van der Waals surface area contributed by atoms with Crippen LogP contribution in [-0.4, -0.2) is 17.6 Å². The Hall–Kier alpha value is -2.20. The van der Waals surface area contributed by atoms with Crippen molar-refractivity contribution in [1.29, 1.82) is 0 Å². The van der Waals surface area contributed by atoms with Crippen molar-refractivity contribution in [2.24, 2.45) is 0 Å². The van der Waals surface area contributed by atoms with E-state index >= 15 is 0 Å². The summed E-state index contributed by atoms with van der Waals surface area (Å²) in [7, 11) is 0. The smallest absolute Gasteiger partial charge is 0.251 e. The van der Waals surface area contributed by atoms with Crippen LogP contribution >= 0.6 is 11.6 Å². The number of carbonyl (C=O) groups is 1. The maximum Gasteiger partial charge on any atom is 0.251 e. The van der Waals surface area contributed by atoms with Gasteiger partial charge in [0.25, 0.3) is 5.91 Å². The third-order valence-electron chi connectivity index (χ3n) is 3.01. The molecule has 0 saturated heterocycles. The molecule has 0 spiro atoms. The van der Waals surface area contributed by atoms with Crippen LogP contribution in [0.15, 0.2) is 42.5 Å². The monoisotopic (exact) mass is 304 g/mol. The van der Waals surface area contributed by atoms with Gasteiger partial charge in [0.2, 0.25) is 0 Å². The van der Waals surface area contributed by atoms with Crippen LogP contribution in [-0.2, 0) is 6.54 Å². The van der Waals surface area contributed by atoms with E-state index in [1.54, 1.807) is 30.3 Å². The van der Waals surface area contributed by atoms with E-state index in [4.69, 9.17) is 11.6 Å². The fraction of sp³-hybridized carbons (Fsp3) is 0.188. The predicted molar refractivity (Wildman–Crippen MR) is 84.9 cm³/mol. The zero-order valence-electron chi connectivity index (χ0n) is 11.7. The molecule has 0 fully saturated rings. The van der Waals surface area contributed by atoms with Crippen molar-refractivity contribution in [2.45, 2.75) is 13.5 Å². The average Bonchev–Trinajstić information content (AvgIpc) is 2.49. The van der Waals surface area contributed by atoms with Gasteiger partial charge in [0, 0.05) is 34.9 Å². The van der Waals surface area contributed by atoms with Crippen molar-refractivity contribution in [3.05, 3.63) is 58.6 Å². The van der Waals surface area contributed by atoms with E-state index in [2.05, 4.69) is 10.6 Å². The molecular formula is C16H17ClN2O2. The van der Waals surface area contributed by atoms with Gasteiger partial charge in [-0.25, -0.2) is 0 Å². The molecule has 0 aliphatic heterocycles. The Morgan fingerprint density at radius 3 is 2.57 bits per heavy atom. The molecule has 0 heterocycles. The van der Waals surface area contributed by atoms with Gasteiger partial charge in [-0.1, -0.05) is 11.6 Å². The number of nitrogens with one attached hydrogen (secondary N) is 2. The number of phenolic OH excluding ortho intramolecular Hbond substituents is 1. The number of hydrogen-bond donors (Lipinski definition) is 3. The van der Waals surface area contributed by atoms with Gasteiger partial charge in [-0.2, -0.15) is 0 Å². The van der Waals surface area contributed by atoms with E-state index in [1.807, 2.05) is 19.1 Å². The van der Waals surface area contributed by atoms with Crippen LogP contribution < -0.4 is 10.6 Å². The number of rotatable bonds is 5. The van der Waals surface area contributed by atoms with Gasteiger partial charge in [-0.3, -0.25) is 4.79 Å². The molecule has 0 saturated carbocycles. The summed E-state index contributed by atoms with van der Waals surface area (Å²) in [6.07, 6.45) is 0. The second-order valence-corrected chi connectivity index (χ2v) is 5.00. The van der Waals surface area contributed by atoms with Gasteiger partial charge in [-0.15, -0.1) is 0 Å². The Bertz CT molecular complexity index is 627. The maximum absolute atomic E-state index is 11.6. The molecule has 21 heavy (non-hydrogen) atoms. The molecule has 1 amide bonds. The minimum absolute atomic E-state index is 0.0865. The van der Waals surface area contributed by atoms with Crippen molar-refractivity contribution in [3.8, 4) is 5.75 Å². The Morgan fingerprint density at radius 1 is 1.19 bits per heavy atom. The average molecular weight is 305 g/mol. The lowest BCUT2D eigenvalue weighted by atomic mass is 10.1. The molecule has 0 bridgehead atoms. The number of amides is 1. The summed E-state index contributed by atoms with van der Waals surface area (Å²) in [4.78, 5) is 11.6. The largest absolute Gasteiger partial charge is 0.508 e. The van der Waals surface area contributed by atoms with Crippen molar-refractivity contribution in [2.75, 3.05) is 11.9 Å². The first kappa shape index (κ1) is 15.2. The first-order valence-electron chi connectivity index (χ1n) is 6.69. The number of hydrogen-bond acceptors (Lipinski definition) is 3. The molecule has 0 atom stereocenters. The van der Waals surface area contributed by atoms with E-state index < -0.39 is 0 Å². The number of anilines is 1. The Morgan fingerprint density at radius 2 is 1.90 bits per heavy atom. The number of carbonyl (C=O) groups excluding carboxylic acids is 1. The highest BCUT2D eigenvalue weighted by atomic mass is 35.5. The lowest BCUT2D eigenvalue weighted by molar-refractivity contribution is 0.0956. The standard InChI is InChI=1S/C16H17ClN2O2/c1-2-18-16(21)11-3-6-14(7-4-11)19-10-12-9-13(17)5-8-15(12)20/h3-9,19-20H,2,10H2,1H3,(H,18,21). The second kappa shape index (κ2) is 6.99. The van der Waals surface area contributed by atoms with E-state index in [1.165, 1.54) is 0 Å². The van der Waals surface area contributed by atoms with Crippen LogP contribution in [0, 0.1) is 0 Å².